The van der Waals surface area contributed by atoms with Crippen molar-refractivity contribution >= 4 is 6.03 Å². The van der Waals surface area contributed by atoms with E-state index in [1.807, 2.05) is 26.0 Å². The van der Waals surface area contributed by atoms with E-state index in [-0.39, 0.29) is 6.54 Å². The molecule has 3 N–H and O–H groups in total. The first-order valence-corrected chi connectivity index (χ1v) is 5.04. The average molecular weight is 222 g/mol. The van der Waals surface area contributed by atoms with Crippen LogP contribution in [0.2, 0.25) is 0 Å². The van der Waals surface area contributed by atoms with Crippen molar-refractivity contribution in [2.24, 2.45) is 5.73 Å². The highest BCUT2D eigenvalue weighted by molar-refractivity contribution is 5.71. The van der Waals surface area contributed by atoms with Gasteiger partial charge in [0.25, 0.3) is 6.29 Å². The van der Waals surface area contributed by atoms with Crippen molar-refractivity contribution in [3.63, 3.8) is 0 Å². The summed E-state index contributed by atoms with van der Waals surface area (Å²) in [6.45, 7) is 4.14. The zero-order valence-corrected chi connectivity index (χ0v) is 9.24. The molecule has 5 nitrogen and oxygen atoms in total. The number of aryl methyl sites for hydroxylation is 2. The molecule has 86 valence electrons. The molecule has 0 spiro atoms. The fourth-order valence-corrected chi connectivity index (χ4v) is 1.61. The zero-order valence-electron chi connectivity index (χ0n) is 9.24. The minimum atomic E-state index is -0.586. The van der Waals surface area contributed by atoms with Gasteiger partial charge in [-0.25, -0.2) is 4.79 Å². The van der Waals surface area contributed by atoms with E-state index >= 15 is 0 Å². The normalized spacial score (nSPS) is 13.9. The molecule has 0 atom stereocenters. The van der Waals surface area contributed by atoms with Gasteiger partial charge in [0.2, 0.25) is 0 Å². The average Bonchev–Trinajstić information content (AvgIpc) is 2.66. The number of amides is 2. The van der Waals surface area contributed by atoms with Crippen molar-refractivity contribution in [1.29, 1.82) is 0 Å². The van der Waals surface area contributed by atoms with Crippen LogP contribution >= 0.6 is 0 Å². The number of nitrogens with one attached hydrogen (secondary N) is 1. The van der Waals surface area contributed by atoms with E-state index in [0.717, 1.165) is 22.6 Å². The standard InChI is InChI=1S/C11H14N2O3/c1-6-3-4-7(2)10-9(6)15-8(16-10)5-13-11(12)14/h3-4,8H,5H2,1-2H3,(H3,12,13,14). The molecule has 0 bridgehead atoms. The quantitative estimate of drug-likeness (QED) is 0.786. The lowest BCUT2D eigenvalue weighted by Gasteiger charge is -2.09. The van der Waals surface area contributed by atoms with Gasteiger partial charge in [-0.05, 0) is 25.0 Å². The number of fused-ring (bicyclic) bond motifs is 1. The molecule has 0 saturated heterocycles. The van der Waals surface area contributed by atoms with Crippen molar-refractivity contribution in [2.45, 2.75) is 20.1 Å². The first-order chi connectivity index (χ1) is 7.58. The summed E-state index contributed by atoms with van der Waals surface area (Å²) in [5.41, 5.74) is 7.01. The minimum Gasteiger partial charge on any atom is -0.449 e. The summed E-state index contributed by atoms with van der Waals surface area (Å²) in [6, 6.07) is 3.36. The monoisotopic (exact) mass is 222 g/mol. The molecule has 1 aliphatic heterocycles. The van der Waals surface area contributed by atoms with Gasteiger partial charge in [0, 0.05) is 0 Å². The minimum absolute atomic E-state index is 0.239. The number of ether oxygens (including phenoxy) is 2. The van der Waals surface area contributed by atoms with Crippen molar-refractivity contribution in [3.8, 4) is 11.5 Å². The Labute approximate surface area is 93.5 Å². The van der Waals surface area contributed by atoms with Crippen molar-refractivity contribution < 1.29 is 14.3 Å². The Morgan fingerprint density at radius 1 is 1.31 bits per heavy atom. The summed E-state index contributed by atoms with van der Waals surface area (Å²) in [6.07, 6.45) is -0.498. The summed E-state index contributed by atoms with van der Waals surface area (Å²) < 4.78 is 11.2. The summed E-state index contributed by atoms with van der Waals surface area (Å²) in [4.78, 5) is 10.6. The van der Waals surface area contributed by atoms with Gasteiger partial charge in [0.1, 0.15) is 0 Å². The van der Waals surface area contributed by atoms with Gasteiger partial charge < -0.3 is 20.5 Å². The number of carbonyl (C=O) groups excluding carboxylic acids is 1. The molecule has 0 saturated carbocycles. The number of primary amides is 1. The molecule has 5 heteroatoms. The van der Waals surface area contributed by atoms with E-state index in [9.17, 15) is 4.79 Å². The number of nitrogens with two attached hydrogens (primary N) is 1. The lowest BCUT2D eigenvalue weighted by molar-refractivity contribution is 0.0516. The van der Waals surface area contributed by atoms with Crippen LogP contribution in [0.15, 0.2) is 12.1 Å². The van der Waals surface area contributed by atoms with E-state index in [4.69, 9.17) is 15.2 Å². The van der Waals surface area contributed by atoms with E-state index < -0.39 is 12.3 Å². The molecule has 16 heavy (non-hydrogen) atoms. The highest BCUT2D eigenvalue weighted by Gasteiger charge is 2.27. The zero-order chi connectivity index (χ0) is 11.7. The molecule has 0 aliphatic carbocycles. The Morgan fingerprint density at radius 2 is 1.81 bits per heavy atom. The van der Waals surface area contributed by atoms with Crippen LogP contribution in [0.1, 0.15) is 11.1 Å². The first kappa shape index (κ1) is 10.6. The molecule has 1 heterocycles. The molecule has 0 unspecified atom stereocenters. The van der Waals surface area contributed by atoms with Crippen LogP contribution in [-0.4, -0.2) is 18.9 Å². The predicted molar refractivity (Wildman–Crippen MR) is 58.5 cm³/mol. The highest BCUT2D eigenvalue weighted by atomic mass is 16.7. The molecule has 0 aromatic heterocycles. The Hall–Kier alpha value is -1.91. The van der Waals surface area contributed by atoms with Crippen LogP contribution in [0.3, 0.4) is 0 Å². The third-order valence-electron chi connectivity index (χ3n) is 2.45. The summed E-state index contributed by atoms with van der Waals surface area (Å²) in [5.74, 6) is 1.49. The van der Waals surface area contributed by atoms with Crippen LogP contribution in [0.25, 0.3) is 0 Å². The lowest BCUT2D eigenvalue weighted by Crippen LogP contribution is -2.39. The number of urea groups is 1. The fraction of sp³-hybridized carbons (Fsp3) is 0.364. The van der Waals surface area contributed by atoms with E-state index in [1.54, 1.807) is 0 Å². The van der Waals surface area contributed by atoms with Gasteiger partial charge in [-0.3, -0.25) is 0 Å². The Morgan fingerprint density at radius 3 is 2.25 bits per heavy atom. The SMILES string of the molecule is Cc1ccc(C)c2c1OC(CNC(N)=O)O2. The number of hydrogen-bond donors (Lipinski definition) is 2. The molecular weight excluding hydrogens is 208 g/mol. The third kappa shape index (κ3) is 1.88. The van der Waals surface area contributed by atoms with Crippen molar-refractivity contribution in [1.82, 2.24) is 5.32 Å². The van der Waals surface area contributed by atoms with Gasteiger partial charge in [-0.15, -0.1) is 0 Å². The second kappa shape index (κ2) is 3.92. The smallest absolute Gasteiger partial charge is 0.312 e. The predicted octanol–water partition coefficient (Wildman–Crippen LogP) is 1.07. The Kier molecular flexibility index (Phi) is 2.60. The van der Waals surface area contributed by atoms with E-state index in [1.165, 1.54) is 0 Å². The second-order valence-corrected chi connectivity index (χ2v) is 3.77. The van der Waals surface area contributed by atoms with Crippen molar-refractivity contribution in [3.05, 3.63) is 23.3 Å². The maximum Gasteiger partial charge on any atom is 0.312 e. The maximum atomic E-state index is 10.6. The molecule has 0 radical (unpaired) electrons. The molecule has 0 fully saturated rings. The Bertz CT molecular complexity index is 400. The molecule has 2 rings (SSSR count). The van der Waals surface area contributed by atoms with Crippen LogP contribution in [-0.2, 0) is 0 Å². The van der Waals surface area contributed by atoms with Gasteiger partial charge >= 0.3 is 6.03 Å². The van der Waals surface area contributed by atoms with Gasteiger partial charge in [0.15, 0.2) is 11.5 Å². The van der Waals surface area contributed by atoms with E-state index in [0.29, 0.717) is 0 Å². The van der Waals surface area contributed by atoms with Crippen LogP contribution in [0.5, 0.6) is 11.5 Å². The fourth-order valence-electron chi connectivity index (χ4n) is 1.61. The summed E-state index contributed by atoms with van der Waals surface area (Å²) in [7, 11) is 0. The summed E-state index contributed by atoms with van der Waals surface area (Å²) in [5, 5.41) is 2.45. The molecular formula is C11H14N2O3. The number of hydrogen-bond acceptors (Lipinski definition) is 3. The molecule has 2 amide bonds. The second-order valence-electron chi connectivity index (χ2n) is 3.77. The molecule has 1 aliphatic rings. The lowest BCUT2D eigenvalue weighted by atomic mass is 10.1. The topological polar surface area (TPSA) is 73.6 Å². The highest BCUT2D eigenvalue weighted by Crippen LogP contribution is 2.40. The molecule has 1 aromatic carbocycles. The summed E-state index contributed by atoms with van der Waals surface area (Å²) >= 11 is 0. The van der Waals surface area contributed by atoms with Gasteiger partial charge in [0.05, 0.1) is 6.54 Å². The van der Waals surface area contributed by atoms with Gasteiger partial charge in [-0.2, -0.15) is 0 Å². The number of rotatable bonds is 2. The van der Waals surface area contributed by atoms with E-state index in [2.05, 4.69) is 5.32 Å². The number of carbonyl (C=O) groups is 1. The number of benzene rings is 1. The van der Waals surface area contributed by atoms with Crippen molar-refractivity contribution in [2.75, 3.05) is 6.54 Å². The maximum absolute atomic E-state index is 10.6. The van der Waals surface area contributed by atoms with Crippen LogP contribution in [0, 0.1) is 13.8 Å². The first-order valence-electron chi connectivity index (χ1n) is 5.04. The van der Waals surface area contributed by atoms with Crippen LogP contribution < -0.4 is 20.5 Å². The third-order valence-corrected chi connectivity index (χ3v) is 2.45. The van der Waals surface area contributed by atoms with Gasteiger partial charge in [-0.1, -0.05) is 12.1 Å². The Balaban J connectivity index is 2.11. The largest absolute Gasteiger partial charge is 0.449 e. The van der Waals surface area contributed by atoms with Crippen LogP contribution in [0.4, 0.5) is 4.79 Å². The molecule has 1 aromatic rings.